The van der Waals surface area contributed by atoms with Crippen molar-refractivity contribution in [3.05, 3.63) is 23.8 Å². The van der Waals surface area contributed by atoms with E-state index in [-0.39, 0.29) is 0 Å². The van der Waals surface area contributed by atoms with E-state index in [0.717, 1.165) is 31.1 Å². The molecule has 1 aliphatic rings. The number of benzene rings is 1. The summed E-state index contributed by atoms with van der Waals surface area (Å²) in [5.74, 6) is 2.82. The second-order valence-electron chi connectivity index (χ2n) is 7.40. The van der Waals surface area contributed by atoms with Crippen molar-refractivity contribution in [3.63, 3.8) is 0 Å². The Kier molecular flexibility index (Phi) is 5.24. The van der Waals surface area contributed by atoms with Gasteiger partial charge in [-0.15, -0.1) is 0 Å². The fourth-order valence-corrected chi connectivity index (χ4v) is 3.11. The van der Waals surface area contributed by atoms with Gasteiger partial charge < -0.3 is 9.47 Å². The Hall–Kier alpha value is -0.700. The second-order valence-corrected chi connectivity index (χ2v) is 8.51. The van der Waals surface area contributed by atoms with Crippen molar-refractivity contribution in [3.8, 4) is 11.5 Å². The van der Waals surface area contributed by atoms with Gasteiger partial charge >= 0.3 is 0 Å². The van der Waals surface area contributed by atoms with Crippen LogP contribution in [0.5, 0.6) is 11.5 Å². The first kappa shape index (κ1) is 16.7. The van der Waals surface area contributed by atoms with Gasteiger partial charge in [-0.1, -0.05) is 56.6 Å². The van der Waals surface area contributed by atoms with Gasteiger partial charge in [0.2, 0.25) is 0 Å². The third-order valence-corrected chi connectivity index (χ3v) is 5.32. The molecule has 2 rings (SSSR count). The van der Waals surface area contributed by atoms with Crippen LogP contribution < -0.4 is 9.47 Å². The molecule has 0 amide bonds. The van der Waals surface area contributed by atoms with Crippen LogP contribution in [0, 0.1) is 17.3 Å². The smallest absolute Gasteiger partial charge is 0.161 e. The van der Waals surface area contributed by atoms with Gasteiger partial charge in [-0.3, -0.25) is 0 Å². The summed E-state index contributed by atoms with van der Waals surface area (Å²) in [6.45, 7) is 12.8. The minimum absolute atomic E-state index is 0.326. The van der Waals surface area contributed by atoms with Crippen molar-refractivity contribution in [2.24, 2.45) is 17.3 Å². The van der Waals surface area contributed by atoms with E-state index in [1.807, 2.05) is 6.07 Å². The third kappa shape index (κ3) is 4.38. The molecule has 3 unspecified atom stereocenters. The quantitative estimate of drug-likeness (QED) is 0.657. The van der Waals surface area contributed by atoms with E-state index >= 15 is 0 Å². The normalized spacial score (nSPS) is 21.5. The topological polar surface area (TPSA) is 18.5 Å². The standard InChI is InChI=1S/C18H27BrO2/c1-12-10-20-16-7-6-14(9-17(16)21-11-12)15(19)8-13(2)18(3,4)5/h6-7,9,12-13,15H,8,10-11H2,1-5H3. The predicted molar refractivity (Wildman–Crippen MR) is 91.5 cm³/mol. The highest BCUT2D eigenvalue weighted by atomic mass is 79.9. The van der Waals surface area contributed by atoms with Gasteiger partial charge in [0, 0.05) is 10.7 Å². The lowest BCUT2D eigenvalue weighted by Crippen LogP contribution is -2.18. The van der Waals surface area contributed by atoms with Crippen molar-refractivity contribution in [1.82, 2.24) is 0 Å². The molecule has 0 radical (unpaired) electrons. The van der Waals surface area contributed by atoms with E-state index in [1.165, 1.54) is 5.56 Å². The van der Waals surface area contributed by atoms with Crippen LogP contribution in [0.15, 0.2) is 18.2 Å². The molecule has 21 heavy (non-hydrogen) atoms. The summed E-state index contributed by atoms with van der Waals surface area (Å²) < 4.78 is 11.7. The molecule has 0 aliphatic carbocycles. The van der Waals surface area contributed by atoms with Gasteiger partial charge in [0.1, 0.15) is 0 Å². The van der Waals surface area contributed by atoms with Crippen LogP contribution in [0.3, 0.4) is 0 Å². The summed E-state index contributed by atoms with van der Waals surface area (Å²) in [5.41, 5.74) is 1.59. The molecule has 3 atom stereocenters. The SMILES string of the molecule is CC1COc2ccc(C(Br)CC(C)C(C)(C)C)cc2OC1. The number of fused-ring (bicyclic) bond motifs is 1. The van der Waals surface area contributed by atoms with Crippen molar-refractivity contribution < 1.29 is 9.47 Å². The molecule has 1 aromatic rings. The number of hydrogen-bond donors (Lipinski definition) is 0. The van der Waals surface area contributed by atoms with Crippen molar-refractivity contribution in [2.75, 3.05) is 13.2 Å². The molecule has 1 aliphatic heterocycles. The minimum Gasteiger partial charge on any atom is -0.489 e. The van der Waals surface area contributed by atoms with Crippen molar-refractivity contribution >= 4 is 15.9 Å². The monoisotopic (exact) mass is 354 g/mol. The summed E-state index contributed by atoms with van der Waals surface area (Å²) in [7, 11) is 0. The van der Waals surface area contributed by atoms with Crippen LogP contribution in [-0.4, -0.2) is 13.2 Å². The number of alkyl halides is 1. The number of rotatable bonds is 3. The molecule has 0 saturated heterocycles. The largest absolute Gasteiger partial charge is 0.489 e. The fraction of sp³-hybridized carbons (Fsp3) is 0.667. The van der Waals surface area contributed by atoms with Gasteiger partial charge in [-0.05, 0) is 35.4 Å². The first-order valence-electron chi connectivity index (χ1n) is 7.81. The zero-order chi connectivity index (χ0) is 15.6. The highest BCUT2D eigenvalue weighted by Crippen LogP contribution is 2.40. The Morgan fingerprint density at radius 1 is 1.19 bits per heavy atom. The first-order valence-corrected chi connectivity index (χ1v) is 8.72. The van der Waals surface area contributed by atoms with Gasteiger partial charge in [0.25, 0.3) is 0 Å². The molecule has 0 spiro atoms. The van der Waals surface area contributed by atoms with E-state index in [4.69, 9.17) is 9.47 Å². The minimum atomic E-state index is 0.326. The maximum absolute atomic E-state index is 5.88. The van der Waals surface area contributed by atoms with E-state index in [0.29, 0.717) is 22.1 Å². The summed E-state index contributed by atoms with van der Waals surface area (Å²) in [4.78, 5) is 0.348. The lowest BCUT2D eigenvalue weighted by Gasteiger charge is -2.29. The highest BCUT2D eigenvalue weighted by molar-refractivity contribution is 9.09. The molecule has 0 N–H and O–H groups in total. The Bertz CT molecular complexity index is 479. The second kappa shape index (κ2) is 6.60. The van der Waals surface area contributed by atoms with E-state index in [2.05, 4.69) is 62.7 Å². The zero-order valence-electron chi connectivity index (χ0n) is 13.8. The third-order valence-electron chi connectivity index (χ3n) is 4.42. The first-order chi connectivity index (χ1) is 9.77. The fourth-order valence-electron chi connectivity index (χ4n) is 2.26. The molecule has 0 fully saturated rings. The molecule has 0 bridgehead atoms. The summed E-state index contributed by atoms with van der Waals surface area (Å²) in [6, 6.07) is 6.31. The molecule has 3 heteroatoms. The lowest BCUT2D eigenvalue weighted by atomic mass is 9.79. The Morgan fingerprint density at radius 2 is 1.81 bits per heavy atom. The number of ether oxygens (including phenoxy) is 2. The van der Waals surface area contributed by atoms with Crippen LogP contribution >= 0.6 is 15.9 Å². The number of halogens is 1. The van der Waals surface area contributed by atoms with E-state index in [9.17, 15) is 0 Å². The van der Waals surface area contributed by atoms with Crippen molar-refractivity contribution in [1.29, 1.82) is 0 Å². The average Bonchev–Trinajstić information content (AvgIpc) is 2.59. The predicted octanol–water partition coefficient (Wildman–Crippen LogP) is 5.60. The van der Waals surface area contributed by atoms with E-state index in [1.54, 1.807) is 0 Å². The van der Waals surface area contributed by atoms with Crippen LogP contribution in [-0.2, 0) is 0 Å². The number of hydrogen-bond acceptors (Lipinski definition) is 2. The summed E-state index contributed by atoms with van der Waals surface area (Å²) in [5, 5.41) is 0. The van der Waals surface area contributed by atoms with Crippen LogP contribution in [0.4, 0.5) is 0 Å². The van der Waals surface area contributed by atoms with Crippen molar-refractivity contribution in [2.45, 2.75) is 45.9 Å². The molecule has 118 valence electrons. The molecular formula is C18H27BrO2. The molecular weight excluding hydrogens is 328 g/mol. The van der Waals surface area contributed by atoms with Crippen LogP contribution in [0.1, 0.15) is 51.4 Å². The molecule has 2 nitrogen and oxygen atoms in total. The average molecular weight is 355 g/mol. The van der Waals surface area contributed by atoms with Crippen LogP contribution in [0.25, 0.3) is 0 Å². The van der Waals surface area contributed by atoms with Crippen LogP contribution in [0.2, 0.25) is 0 Å². The van der Waals surface area contributed by atoms with Gasteiger partial charge in [0.15, 0.2) is 11.5 Å². The molecule has 1 aromatic carbocycles. The highest BCUT2D eigenvalue weighted by Gasteiger charge is 2.24. The van der Waals surface area contributed by atoms with Gasteiger partial charge in [-0.2, -0.15) is 0 Å². The lowest BCUT2D eigenvalue weighted by molar-refractivity contribution is 0.228. The molecule has 1 heterocycles. The summed E-state index contributed by atoms with van der Waals surface area (Å²) in [6.07, 6.45) is 1.11. The molecule has 0 saturated carbocycles. The Balaban J connectivity index is 2.11. The molecule has 0 aromatic heterocycles. The zero-order valence-corrected chi connectivity index (χ0v) is 15.4. The maximum atomic E-state index is 5.88. The van der Waals surface area contributed by atoms with Gasteiger partial charge in [-0.25, -0.2) is 0 Å². The maximum Gasteiger partial charge on any atom is 0.161 e. The van der Waals surface area contributed by atoms with E-state index < -0.39 is 0 Å². The van der Waals surface area contributed by atoms with Gasteiger partial charge in [0.05, 0.1) is 13.2 Å². The Labute approximate surface area is 137 Å². The Morgan fingerprint density at radius 3 is 2.43 bits per heavy atom. The summed E-state index contributed by atoms with van der Waals surface area (Å²) >= 11 is 3.84.